The van der Waals surface area contributed by atoms with Crippen LogP contribution in [0.25, 0.3) is 0 Å². The lowest BCUT2D eigenvalue weighted by atomic mass is 10.1. The summed E-state index contributed by atoms with van der Waals surface area (Å²) in [6.07, 6.45) is -1.03. The highest BCUT2D eigenvalue weighted by Gasteiger charge is 2.65. The van der Waals surface area contributed by atoms with E-state index < -0.39 is 41.7 Å². The molecule has 0 unspecified atom stereocenters. The first-order valence-electron chi connectivity index (χ1n) is 8.97. The minimum atomic E-state index is -1.37. The number of nitrogens with zero attached hydrogens (tertiary/aromatic N) is 2. The molecule has 0 radical (unpaired) electrons. The number of aromatic nitrogens is 2. The number of benzene rings is 1. The van der Waals surface area contributed by atoms with Crippen molar-refractivity contribution in [3.63, 3.8) is 0 Å². The molecule has 0 saturated carbocycles. The summed E-state index contributed by atoms with van der Waals surface area (Å²) in [6, 6.07) is 10.1. The van der Waals surface area contributed by atoms with E-state index in [4.69, 9.17) is 24.7 Å². The van der Waals surface area contributed by atoms with E-state index in [-0.39, 0.29) is 10.2 Å². The molecule has 4 rings (SSSR count). The highest BCUT2D eigenvalue weighted by molar-refractivity contribution is 14.1. The van der Waals surface area contributed by atoms with Gasteiger partial charge in [0, 0.05) is 6.20 Å². The molecule has 0 aliphatic carbocycles. The topological polar surface area (TPSA) is 115 Å². The number of nitrogens with two attached hydrogens (primary N) is 1. The Bertz CT molecular complexity index is 981. The number of fused-ring (bicyclic) bond motifs is 1. The van der Waals surface area contributed by atoms with Crippen LogP contribution in [0.5, 0.6) is 0 Å². The van der Waals surface area contributed by atoms with Gasteiger partial charge in [-0.25, -0.2) is 9.59 Å². The van der Waals surface area contributed by atoms with Gasteiger partial charge in [0.1, 0.15) is 5.82 Å². The summed E-state index contributed by atoms with van der Waals surface area (Å²) in [4.78, 5) is 29.2. The highest BCUT2D eigenvalue weighted by atomic mass is 127. The van der Waals surface area contributed by atoms with Crippen molar-refractivity contribution in [2.75, 3.05) is 10.2 Å². The normalized spacial score (nSPS) is 30.1. The molecule has 29 heavy (non-hydrogen) atoms. The van der Waals surface area contributed by atoms with E-state index >= 15 is 0 Å². The smallest absolute Gasteiger partial charge is 0.351 e. The zero-order valence-electron chi connectivity index (χ0n) is 15.8. The standard InChI is InChI=1S/C19H20IN3O6/c1-18(2)27-13-14(26-15(24)11-6-4-3-5-7-11)19(10-20,29-16(13)28-18)23-9-8-12(21)22-17(23)25/h3-9,13-14,16H,10H2,1-2H3,(H2,21,22,25)/t13-,14+,16+,19+/m1/s1. The van der Waals surface area contributed by atoms with Crippen molar-refractivity contribution in [1.29, 1.82) is 0 Å². The molecule has 10 heteroatoms. The van der Waals surface area contributed by atoms with Crippen molar-refractivity contribution in [3.05, 3.63) is 58.6 Å². The summed E-state index contributed by atoms with van der Waals surface area (Å²) in [6.45, 7) is 3.49. The molecule has 1 aromatic carbocycles. The minimum absolute atomic E-state index is 0.0829. The lowest BCUT2D eigenvalue weighted by Gasteiger charge is -2.36. The summed E-state index contributed by atoms with van der Waals surface area (Å²) in [5, 5.41) is 0. The summed E-state index contributed by atoms with van der Waals surface area (Å²) >= 11 is 2.07. The van der Waals surface area contributed by atoms with Crippen LogP contribution in [0, 0.1) is 0 Å². The van der Waals surface area contributed by atoms with Crippen LogP contribution in [-0.2, 0) is 24.7 Å². The van der Waals surface area contributed by atoms with E-state index in [1.165, 1.54) is 16.8 Å². The molecule has 9 nitrogen and oxygen atoms in total. The predicted octanol–water partition coefficient (Wildman–Crippen LogP) is 1.65. The Balaban J connectivity index is 1.77. The number of carbonyl (C=O) groups excluding carboxylic acids is 1. The molecule has 3 heterocycles. The van der Waals surface area contributed by atoms with Crippen molar-refractivity contribution in [2.24, 2.45) is 0 Å². The monoisotopic (exact) mass is 513 g/mol. The number of nitrogen functional groups attached to an aromatic ring is 1. The first-order valence-corrected chi connectivity index (χ1v) is 10.5. The van der Waals surface area contributed by atoms with Gasteiger partial charge in [-0.3, -0.25) is 4.57 Å². The van der Waals surface area contributed by atoms with Crippen molar-refractivity contribution in [3.8, 4) is 0 Å². The molecule has 4 atom stereocenters. The van der Waals surface area contributed by atoms with E-state index in [0.717, 1.165) is 0 Å². The molecule has 2 aliphatic heterocycles. The third-order valence-electron chi connectivity index (χ3n) is 4.82. The number of hydrogen-bond acceptors (Lipinski definition) is 8. The Morgan fingerprint density at radius 1 is 1.24 bits per heavy atom. The zero-order valence-corrected chi connectivity index (χ0v) is 17.9. The number of esters is 1. The van der Waals surface area contributed by atoms with Crippen LogP contribution < -0.4 is 11.4 Å². The third kappa shape index (κ3) is 3.54. The summed E-state index contributed by atoms with van der Waals surface area (Å²) in [5.41, 5.74) is 4.01. The van der Waals surface area contributed by atoms with Crippen molar-refractivity contribution in [1.82, 2.24) is 9.55 Å². The number of carbonyl (C=O) groups is 1. The van der Waals surface area contributed by atoms with E-state index in [1.807, 2.05) is 0 Å². The second kappa shape index (κ2) is 7.35. The van der Waals surface area contributed by atoms with E-state index in [2.05, 4.69) is 27.6 Å². The summed E-state index contributed by atoms with van der Waals surface area (Å²) in [7, 11) is 0. The number of halogens is 1. The SMILES string of the molecule is CC1(C)O[C@H]2O[C@](CI)(n3ccc(N)nc3=O)[C@@H](OC(=O)c3ccccc3)[C@H]2O1. The number of anilines is 1. The Hall–Kier alpha value is -2.02. The Morgan fingerprint density at radius 2 is 1.97 bits per heavy atom. The van der Waals surface area contributed by atoms with Crippen LogP contribution in [0.1, 0.15) is 24.2 Å². The third-order valence-corrected chi connectivity index (χ3v) is 5.91. The fourth-order valence-corrected chi connectivity index (χ4v) is 4.55. The molecule has 0 bridgehead atoms. The molecule has 0 amide bonds. The van der Waals surface area contributed by atoms with Gasteiger partial charge < -0.3 is 24.7 Å². The molecule has 2 aliphatic rings. The second-order valence-corrected chi connectivity index (χ2v) is 8.02. The first-order chi connectivity index (χ1) is 13.8. The number of rotatable bonds is 4. The maximum Gasteiger partial charge on any atom is 0.351 e. The van der Waals surface area contributed by atoms with E-state index in [9.17, 15) is 9.59 Å². The largest absolute Gasteiger partial charge is 0.451 e. The van der Waals surface area contributed by atoms with Gasteiger partial charge >= 0.3 is 11.7 Å². The van der Waals surface area contributed by atoms with Gasteiger partial charge in [0.15, 0.2) is 24.3 Å². The van der Waals surface area contributed by atoms with Crippen LogP contribution in [0.3, 0.4) is 0 Å². The molecule has 2 fully saturated rings. The molecule has 2 aromatic rings. The Kier molecular flexibility index (Phi) is 5.13. The quantitative estimate of drug-likeness (QED) is 0.373. The van der Waals surface area contributed by atoms with Crippen molar-refractivity contribution >= 4 is 34.4 Å². The van der Waals surface area contributed by atoms with Gasteiger partial charge in [0.05, 0.1) is 9.99 Å². The second-order valence-electron chi connectivity index (χ2n) is 7.26. The van der Waals surface area contributed by atoms with Crippen molar-refractivity contribution in [2.45, 2.75) is 43.9 Å². The van der Waals surface area contributed by atoms with Crippen LogP contribution in [0.15, 0.2) is 47.4 Å². The average Bonchev–Trinajstić information content (AvgIpc) is 3.12. The minimum Gasteiger partial charge on any atom is -0.451 e. The van der Waals surface area contributed by atoms with Crippen LogP contribution >= 0.6 is 22.6 Å². The van der Waals surface area contributed by atoms with Crippen LogP contribution in [-0.4, -0.2) is 44.2 Å². The molecule has 154 valence electrons. The van der Waals surface area contributed by atoms with E-state index in [0.29, 0.717) is 5.56 Å². The Morgan fingerprint density at radius 3 is 2.62 bits per heavy atom. The molecular formula is C19H20IN3O6. The Labute approximate surface area is 180 Å². The van der Waals surface area contributed by atoms with Gasteiger partial charge in [-0.1, -0.05) is 40.8 Å². The van der Waals surface area contributed by atoms with Gasteiger partial charge in [0.2, 0.25) is 5.72 Å². The number of ether oxygens (including phenoxy) is 4. The van der Waals surface area contributed by atoms with Crippen LogP contribution in [0.2, 0.25) is 0 Å². The predicted molar refractivity (Wildman–Crippen MR) is 110 cm³/mol. The van der Waals surface area contributed by atoms with Gasteiger partial charge in [-0.2, -0.15) is 4.98 Å². The van der Waals surface area contributed by atoms with Gasteiger partial charge in [-0.05, 0) is 32.0 Å². The fraction of sp³-hybridized carbons (Fsp3) is 0.421. The van der Waals surface area contributed by atoms with E-state index in [1.54, 1.807) is 44.2 Å². The van der Waals surface area contributed by atoms with Crippen molar-refractivity contribution < 1.29 is 23.7 Å². The van der Waals surface area contributed by atoms with Crippen LogP contribution in [0.4, 0.5) is 5.82 Å². The molecule has 2 saturated heterocycles. The molecule has 1 aromatic heterocycles. The maximum absolute atomic E-state index is 12.8. The zero-order chi connectivity index (χ0) is 20.8. The summed E-state index contributed by atoms with van der Waals surface area (Å²) < 4.78 is 25.4. The molecular weight excluding hydrogens is 493 g/mol. The first kappa shape index (κ1) is 20.3. The lowest BCUT2D eigenvalue weighted by Crippen LogP contribution is -2.54. The molecule has 0 spiro atoms. The molecule has 2 N–H and O–H groups in total. The highest BCUT2D eigenvalue weighted by Crippen LogP contribution is 2.46. The summed E-state index contributed by atoms with van der Waals surface area (Å²) in [5.74, 6) is -1.40. The van der Waals surface area contributed by atoms with Gasteiger partial charge in [-0.15, -0.1) is 0 Å². The average molecular weight is 513 g/mol. The number of alkyl halides is 1. The van der Waals surface area contributed by atoms with Gasteiger partial charge in [0.25, 0.3) is 0 Å². The lowest BCUT2D eigenvalue weighted by molar-refractivity contribution is -0.254. The fourth-order valence-electron chi connectivity index (χ4n) is 3.57. The number of hydrogen-bond donors (Lipinski definition) is 1. The maximum atomic E-state index is 12.8.